The zero-order chi connectivity index (χ0) is 13.8. The van der Waals surface area contributed by atoms with Gasteiger partial charge in [0.05, 0.1) is 10.8 Å². The van der Waals surface area contributed by atoms with Gasteiger partial charge in [-0.1, -0.05) is 23.4 Å². The summed E-state index contributed by atoms with van der Waals surface area (Å²) >= 11 is 6.81. The van der Waals surface area contributed by atoms with E-state index in [-0.39, 0.29) is 16.7 Å². The number of amides is 1. The Kier molecular flexibility index (Phi) is 4.33. The van der Waals surface area contributed by atoms with Gasteiger partial charge in [0.1, 0.15) is 5.82 Å². The van der Waals surface area contributed by atoms with Gasteiger partial charge < -0.3 is 5.32 Å². The number of halogens is 2. The van der Waals surface area contributed by atoms with Crippen molar-refractivity contribution in [2.75, 3.05) is 11.1 Å². The van der Waals surface area contributed by atoms with Gasteiger partial charge in [0.15, 0.2) is 0 Å². The van der Waals surface area contributed by atoms with Gasteiger partial charge in [0.25, 0.3) is 0 Å². The maximum atomic E-state index is 12.9. The molecule has 0 aliphatic carbocycles. The van der Waals surface area contributed by atoms with E-state index in [4.69, 9.17) is 11.6 Å². The number of tetrazole rings is 1. The fraction of sp³-hybridized carbons (Fsp3) is 0.200. The van der Waals surface area contributed by atoms with E-state index in [2.05, 4.69) is 20.8 Å². The number of aryl methyl sites for hydroxylation is 1. The van der Waals surface area contributed by atoms with Crippen molar-refractivity contribution >= 4 is 35.0 Å². The first-order chi connectivity index (χ1) is 9.06. The van der Waals surface area contributed by atoms with E-state index in [1.165, 1.54) is 34.6 Å². The van der Waals surface area contributed by atoms with Crippen LogP contribution in [0.5, 0.6) is 0 Å². The van der Waals surface area contributed by atoms with Crippen LogP contribution in [0, 0.1) is 5.82 Å². The molecule has 0 saturated heterocycles. The third kappa shape index (κ3) is 3.65. The normalized spacial score (nSPS) is 10.5. The van der Waals surface area contributed by atoms with Gasteiger partial charge in [-0.3, -0.25) is 4.79 Å². The fourth-order valence-corrected chi connectivity index (χ4v) is 2.08. The number of rotatable bonds is 4. The van der Waals surface area contributed by atoms with Crippen molar-refractivity contribution in [1.82, 2.24) is 20.2 Å². The van der Waals surface area contributed by atoms with E-state index in [9.17, 15) is 9.18 Å². The molecule has 1 N–H and O–H groups in total. The molecule has 0 bridgehead atoms. The number of aromatic nitrogens is 4. The lowest BCUT2D eigenvalue weighted by Crippen LogP contribution is -2.14. The van der Waals surface area contributed by atoms with Crippen molar-refractivity contribution in [2.45, 2.75) is 5.16 Å². The summed E-state index contributed by atoms with van der Waals surface area (Å²) < 4.78 is 14.4. The Morgan fingerprint density at radius 3 is 3.00 bits per heavy atom. The van der Waals surface area contributed by atoms with E-state index >= 15 is 0 Å². The molecule has 1 aromatic heterocycles. The molecule has 0 aliphatic rings. The highest BCUT2D eigenvalue weighted by atomic mass is 35.5. The lowest BCUT2D eigenvalue weighted by atomic mass is 10.3. The molecular weight excluding hydrogens is 293 g/mol. The van der Waals surface area contributed by atoms with Gasteiger partial charge in [-0.2, -0.15) is 0 Å². The minimum atomic E-state index is -0.529. The van der Waals surface area contributed by atoms with Crippen LogP contribution in [-0.4, -0.2) is 31.9 Å². The lowest BCUT2D eigenvalue weighted by Gasteiger charge is -2.05. The number of hydrogen-bond donors (Lipinski definition) is 1. The number of hydrogen-bond acceptors (Lipinski definition) is 5. The van der Waals surface area contributed by atoms with Crippen LogP contribution in [0.25, 0.3) is 0 Å². The van der Waals surface area contributed by atoms with Crippen LogP contribution in [0.2, 0.25) is 5.02 Å². The van der Waals surface area contributed by atoms with Crippen molar-refractivity contribution in [3.05, 3.63) is 29.0 Å². The van der Waals surface area contributed by atoms with Gasteiger partial charge in [-0.25, -0.2) is 9.07 Å². The van der Waals surface area contributed by atoms with Gasteiger partial charge in [0, 0.05) is 12.7 Å². The van der Waals surface area contributed by atoms with Crippen LogP contribution in [-0.2, 0) is 11.8 Å². The number of anilines is 1. The largest absolute Gasteiger partial charge is 0.325 e. The Hall–Kier alpha value is -1.67. The zero-order valence-electron chi connectivity index (χ0n) is 9.80. The second-order valence-electron chi connectivity index (χ2n) is 3.55. The molecule has 0 spiro atoms. The molecule has 100 valence electrons. The second-order valence-corrected chi connectivity index (χ2v) is 4.90. The Morgan fingerprint density at radius 1 is 1.58 bits per heavy atom. The molecule has 0 fully saturated rings. The first-order valence-electron chi connectivity index (χ1n) is 5.16. The Bertz CT molecular complexity index is 605. The summed E-state index contributed by atoms with van der Waals surface area (Å²) in [6.07, 6.45) is 0. The Labute approximate surface area is 117 Å². The minimum Gasteiger partial charge on any atom is -0.325 e. The molecule has 0 atom stereocenters. The second kappa shape index (κ2) is 5.98. The molecule has 19 heavy (non-hydrogen) atoms. The highest BCUT2D eigenvalue weighted by Crippen LogP contribution is 2.20. The van der Waals surface area contributed by atoms with Crippen LogP contribution in [0.1, 0.15) is 0 Å². The van der Waals surface area contributed by atoms with E-state index in [1.807, 2.05) is 0 Å². The predicted molar refractivity (Wildman–Crippen MR) is 69.6 cm³/mol. The van der Waals surface area contributed by atoms with E-state index in [0.29, 0.717) is 10.8 Å². The quantitative estimate of drug-likeness (QED) is 0.871. The Morgan fingerprint density at radius 2 is 2.37 bits per heavy atom. The number of nitrogens with zero attached hydrogens (tertiary/aromatic N) is 4. The topological polar surface area (TPSA) is 72.7 Å². The molecule has 2 aromatic rings. The number of benzene rings is 1. The molecule has 0 saturated carbocycles. The SMILES string of the molecule is Cn1nnnc1SCC(=O)Nc1ccc(F)c(Cl)c1. The first kappa shape index (κ1) is 13.8. The predicted octanol–water partition coefficient (Wildman–Crippen LogP) is 1.73. The highest BCUT2D eigenvalue weighted by molar-refractivity contribution is 7.99. The van der Waals surface area contributed by atoms with E-state index in [0.717, 1.165) is 0 Å². The van der Waals surface area contributed by atoms with Crippen molar-refractivity contribution in [3.8, 4) is 0 Å². The molecular formula is C10H9ClFN5OS. The van der Waals surface area contributed by atoms with E-state index < -0.39 is 5.82 Å². The molecule has 0 radical (unpaired) electrons. The van der Waals surface area contributed by atoms with Crippen molar-refractivity contribution in [2.24, 2.45) is 7.05 Å². The van der Waals surface area contributed by atoms with Crippen LogP contribution in [0.3, 0.4) is 0 Å². The molecule has 0 aliphatic heterocycles. The van der Waals surface area contributed by atoms with Crippen LogP contribution in [0.15, 0.2) is 23.4 Å². The molecule has 2 rings (SSSR count). The molecule has 0 unspecified atom stereocenters. The molecule has 1 amide bonds. The zero-order valence-corrected chi connectivity index (χ0v) is 11.4. The standard InChI is InChI=1S/C10H9ClFN5OS/c1-17-10(14-15-16-17)19-5-9(18)13-6-2-3-8(12)7(11)4-6/h2-4H,5H2,1H3,(H,13,18). The lowest BCUT2D eigenvalue weighted by molar-refractivity contribution is -0.113. The summed E-state index contributed by atoms with van der Waals surface area (Å²) in [7, 11) is 1.68. The summed E-state index contributed by atoms with van der Waals surface area (Å²) in [5.74, 6) is -0.640. The summed E-state index contributed by atoms with van der Waals surface area (Å²) in [4.78, 5) is 11.7. The third-order valence-electron chi connectivity index (χ3n) is 2.12. The van der Waals surface area contributed by atoms with E-state index in [1.54, 1.807) is 7.05 Å². The smallest absolute Gasteiger partial charge is 0.234 e. The molecule has 6 nitrogen and oxygen atoms in total. The van der Waals surface area contributed by atoms with Crippen molar-refractivity contribution in [3.63, 3.8) is 0 Å². The minimum absolute atomic E-state index is 0.0389. The fourth-order valence-electron chi connectivity index (χ4n) is 1.24. The maximum absolute atomic E-state index is 12.9. The summed E-state index contributed by atoms with van der Waals surface area (Å²) in [6, 6.07) is 3.98. The maximum Gasteiger partial charge on any atom is 0.234 e. The molecule has 1 aromatic carbocycles. The Balaban J connectivity index is 1.91. The van der Waals surface area contributed by atoms with Crippen molar-refractivity contribution < 1.29 is 9.18 Å². The monoisotopic (exact) mass is 301 g/mol. The number of nitrogens with one attached hydrogen (secondary N) is 1. The highest BCUT2D eigenvalue weighted by Gasteiger charge is 2.09. The van der Waals surface area contributed by atoms with Crippen LogP contribution in [0.4, 0.5) is 10.1 Å². The number of thioether (sulfide) groups is 1. The van der Waals surface area contributed by atoms with Gasteiger partial charge >= 0.3 is 0 Å². The number of carbonyl (C=O) groups excluding carboxylic acids is 1. The number of carbonyl (C=O) groups is 1. The average Bonchev–Trinajstić information content (AvgIpc) is 2.77. The molecule has 9 heteroatoms. The van der Waals surface area contributed by atoms with Crippen LogP contribution < -0.4 is 5.32 Å². The van der Waals surface area contributed by atoms with Crippen molar-refractivity contribution in [1.29, 1.82) is 0 Å². The molecule has 1 heterocycles. The summed E-state index contributed by atoms with van der Waals surface area (Å²) in [6.45, 7) is 0. The van der Waals surface area contributed by atoms with Gasteiger partial charge in [-0.15, -0.1) is 5.10 Å². The van der Waals surface area contributed by atoms with Crippen LogP contribution >= 0.6 is 23.4 Å². The van der Waals surface area contributed by atoms with Gasteiger partial charge in [0.2, 0.25) is 11.1 Å². The average molecular weight is 302 g/mol. The first-order valence-corrected chi connectivity index (χ1v) is 6.52. The summed E-state index contributed by atoms with van der Waals surface area (Å²) in [5.41, 5.74) is 0.438. The summed E-state index contributed by atoms with van der Waals surface area (Å²) in [5, 5.41) is 13.9. The van der Waals surface area contributed by atoms with Gasteiger partial charge in [-0.05, 0) is 28.6 Å². The third-order valence-corrected chi connectivity index (χ3v) is 3.42.